The van der Waals surface area contributed by atoms with Crippen molar-refractivity contribution in [3.05, 3.63) is 81.6 Å². The van der Waals surface area contributed by atoms with Crippen LogP contribution in [-0.4, -0.2) is 10.8 Å². The molecule has 1 heterocycles. The molecule has 0 aliphatic heterocycles. The van der Waals surface area contributed by atoms with E-state index in [1.807, 2.05) is 36.4 Å². The number of nitro benzene ring substituents is 1. The minimum Gasteiger partial charge on any atom is -0.450 e. The molecule has 7 nitrogen and oxygen atoms in total. The number of rotatable bonds is 4. The van der Waals surface area contributed by atoms with Crippen molar-refractivity contribution in [2.24, 2.45) is 0 Å². The van der Waals surface area contributed by atoms with E-state index in [0.717, 1.165) is 22.2 Å². The van der Waals surface area contributed by atoms with Gasteiger partial charge in [-0.3, -0.25) is 25.8 Å². The van der Waals surface area contributed by atoms with Crippen LogP contribution in [0.1, 0.15) is 21.7 Å². The number of amides is 1. The van der Waals surface area contributed by atoms with E-state index < -0.39 is 28.3 Å². The molecule has 0 spiro atoms. The normalized spacial score (nSPS) is 11.6. The van der Waals surface area contributed by atoms with E-state index in [0.29, 0.717) is 23.3 Å². The average molecular weight is 429 g/mol. The number of nitrogens with zero attached hydrogens (tertiary/aromatic N) is 1. The van der Waals surface area contributed by atoms with Crippen molar-refractivity contribution < 1.29 is 27.3 Å². The minimum atomic E-state index is -4.74. The molecule has 2 N–H and O–H groups in total. The molecule has 0 aliphatic rings. The Kier molecular flexibility index (Phi) is 4.77. The van der Waals surface area contributed by atoms with Gasteiger partial charge < -0.3 is 4.42 Å². The lowest BCUT2D eigenvalue weighted by molar-refractivity contribution is -0.384. The third-order valence-electron chi connectivity index (χ3n) is 4.87. The number of alkyl halides is 3. The van der Waals surface area contributed by atoms with Crippen LogP contribution in [0.2, 0.25) is 0 Å². The van der Waals surface area contributed by atoms with Crippen LogP contribution < -0.4 is 10.9 Å². The average Bonchev–Trinajstić information content (AvgIpc) is 3.08. The van der Waals surface area contributed by atoms with Gasteiger partial charge in [-0.2, -0.15) is 13.2 Å². The smallest absolute Gasteiger partial charge is 0.416 e. The number of anilines is 1. The lowest BCUT2D eigenvalue weighted by atomic mass is 10.1. The van der Waals surface area contributed by atoms with E-state index >= 15 is 0 Å². The zero-order chi connectivity index (χ0) is 22.3. The second-order valence-electron chi connectivity index (χ2n) is 6.79. The summed E-state index contributed by atoms with van der Waals surface area (Å²) in [6, 6.07) is 13.1. The molecule has 0 unspecified atom stereocenters. The fraction of sp³-hybridized carbons (Fsp3) is 0.0952. The van der Waals surface area contributed by atoms with E-state index in [4.69, 9.17) is 4.42 Å². The second kappa shape index (κ2) is 7.31. The van der Waals surface area contributed by atoms with Gasteiger partial charge in [0.25, 0.3) is 5.69 Å². The zero-order valence-corrected chi connectivity index (χ0v) is 15.9. The molecule has 0 aliphatic carbocycles. The zero-order valence-electron chi connectivity index (χ0n) is 15.9. The molecule has 0 atom stereocenters. The molecule has 4 aromatic rings. The number of aryl methyl sites for hydroxylation is 1. The van der Waals surface area contributed by atoms with Crippen LogP contribution in [0.3, 0.4) is 0 Å². The Bertz CT molecular complexity index is 1350. The molecule has 0 bridgehead atoms. The van der Waals surface area contributed by atoms with E-state index in [1.54, 1.807) is 6.92 Å². The number of benzene rings is 3. The summed E-state index contributed by atoms with van der Waals surface area (Å²) in [4.78, 5) is 22.8. The molecular weight excluding hydrogens is 415 g/mol. The topological polar surface area (TPSA) is 97.4 Å². The van der Waals surface area contributed by atoms with Gasteiger partial charge >= 0.3 is 12.1 Å². The first-order valence-corrected chi connectivity index (χ1v) is 8.99. The molecule has 4 rings (SSSR count). The molecule has 1 aromatic heterocycles. The molecule has 0 radical (unpaired) electrons. The minimum absolute atomic E-state index is 0.0200. The summed E-state index contributed by atoms with van der Waals surface area (Å²) in [5, 5.41) is 13.6. The molecular formula is C21H14F3N3O4. The summed E-state index contributed by atoms with van der Waals surface area (Å²) in [5.41, 5.74) is 3.33. The fourth-order valence-electron chi connectivity index (χ4n) is 3.31. The van der Waals surface area contributed by atoms with E-state index in [9.17, 15) is 28.1 Å². The number of hydrogen-bond acceptors (Lipinski definition) is 5. The predicted molar refractivity (Wildman–Crippen MR) is 108 cm³/mol. The van der Waals surface area contributed by atoms with Crippen LogP contribution in [0.25, 0.3) is 21.7 Å². The second-order valence-corrected chi connectivity index (χ2v) is 6.79. The first-order chi connectivity index (χ1) is 14.7. The van der Waals surface area contributed by atoms with Gasteiger partial charge in [0.15, 0.2) is 5.76 Å². The van der Waals surface area contributed by atoms with E-state index in [1.165, 1.54) is 0 Å². The number of halogens is 3. The number of nitrogens with one attached hydrogen (secondary N) is 2. The summed E-state index contributed by atoms with van der Waals surface area (Å²) >= 11 is 0. The predicted octanol–water partition coefficient (Wildman–Crippen LogP) is 5.58. The van der Waals surface area contributed by atoms with Gasteiger partial charge in [0.2, 0.25) is 0 Å². The van der Waals surface area contributed by atoms with E-state index in [-0.39, 0.29) is 11.4 Å². The molecule has 158 valence electrons. The maximum atomic E-state index is 12.8. The first-order valence-electron chi connectivity index (χ1n) is 8.99. The standard InChI is InChI=1S/C21H14F3N3O4/c1-11-14-8-6-12-4-2-3-5-15(12)19(14)31-18(11)20(28)26-25-16-9-7-13(21(22,23)24)10-17(16)27(29)30/h2-10,25H,1H3,(H,26,28). The van der Waals surface area contributed by atoms with Crippen molar-refractivity contribution in [3.8, 4) is 0 Å². The summed E-state index contributed by atoms with van der Waals surface area (Å²) in [6.07, 6.45) is -4.74. The van der Waals surface area contributed by atoms with Crippen LogP contribution in [0.5, 0.6) is 0 Å². The lowest BCUT2D eigenvalue weighted by Crippen LogP contribution is -2.30. The third-order valence-corrected chi connectivity index (χ3v) is 4.87. The van der Waals surface area contributed by atoms with Crippen LogP contribution in [0.4, 0.5) is 24.5 Å². The highest BCUT2D eigenvalue weighted by Gasteiger charge is 2.33. The maximum absolute atomic E-state index is 12.8. The van der Waals surface area contributed by atoms with Crippen molar-refractivity contribution in [2.75, 3.05) is 5.43 Å². The van der Waals surface area contributed by atoms with Crippen LogP contribution in [-0.2, 0) is 6.18 Å². The molecule has 0 saturated heterocycles. The molecule has 3 aromatic carbocycles. The lowest BCUT2D eigenvalue weighted by Gasteiger charge is -2.11. The summed E-state index contributed by atoms with van der Waals surface area (Å²) in [7, 11) is 0. The Labute approximate surface area is 172 Å². The van der Waals surface area contributed by atoms with Gasteiger partial charge in [0.05, 0.1) is 10.5 Å². The van der Waals surface area contributed by atoms with Gasteiger partial charge in [0, 0.05) is 22.4 Å². The summed E-state index contributed by atoms with van der Waals surface area (Å²) in [6.45, 7) is 1.69. The summed E-state index contributed by atoms with van der Waals surface area (Å²) in [5.74, 6) is -0.750. The van der Waals surface area contributed by atoms with Crippen molar-refractivity contribution in [1.29, 1.82) is 0 Å². The first kappa shape index (κ1) is 20.2. The Morgan fingerprint density at radius 1 is 1.06 bits per heavy atom. The number of fused-ring (bicyclic) bond motifs is 3. The molecule has 10 heteroatoms. The van der Waals surface area contributed by atoms with E-state index in [2.05, 4.69) is 10.9 Å². The maximum Gasteiger partial charge on any atom is 0.416 e. The molecule has 0 saturated carbocycles. The summed E-state index contributed by atoms with van der Waals surface area (Å²) < 4.78 is 44.3. The SMILES string of the molecule is Cc1c(C(=O)NNc2ccc(C(F)(F)F)cc2[N+](=O)[O-])oc2c1ccc1ccccc12. The van der Waals surface area contributed by atoms with Crippen LogP contribution >= 0.6 is 0 Å². The Hall–Kier alpha value is -4.08. The van der Waals surface area contributed by atoms with Crippen LogP contribution in [0, 0.1) is 17.0 Å². The Balaban J connectivity index is 1.64. The molecule has 1 amide bonds. The number of furan rings is 1. The largest absolute Gasteiger partial charge is 0.450 e. The highest BCUT2D eigenvalue weighted by molar-refractivity contribution is 6.09. The van der Waals surface area contributed by atoms with Crippen molar-refractivity contribution in [1.82, 2.24) is 5.43 Å². The highest BCUT2D eigenvalue weighted by atomic mass is 19.4. The Morgan fingerprint density at radius 3 is 2.52 bits per heavy atom. The highest BCUT2D eigenvalue weighted by Crippen LogP contribution is 2.35. The quantitative estimate of drug-likeness (QED) is 0.326. The van der Waals surface area contributed by atoms with Gasteiger partial charge in [0.1, 0.15) is 11.3 Å². The fourth-order valence-corrected chi connectivity index (χ4v) is 3.31. The number of hydrazine groups is 1. The number of carbonyl (C=O) groups excluding carboxylic acids is 1. The van der Waals surface area contributed by atoms with Crippen molar-refractivity contribution in [2.45, 2.75) is 13.1 Å². The van der Waals surface area contributed by atoms with Crippen LogP contribution in [0.15, 0.2) is 59.0 Å². The molecule has 31 heavy (non-hydrogen) atoms. The van der Waals surface area contributed by atoms with Gasteiger partial charge in [-0.15, -0.1) is 0 Å². The third kappa shape index (κ3) is 3.63. The Morgan fingerprint density at radius 2 is 1.81 bits per heavy atom. The number of hydrogen-bond donors (Lipinski definition) is 2. The van der Waals surface area contributed by atoms with Gasteiger partial charge in [-0.25, -0.2) is 0 Å². The number of carbonyl (C=O) groups is 1. The molecule has 0 fully saturated rings. The number of nitro groups is 1. The monoisotopic (exact) mass is 429 g/mol. The van der Waals surface area contributed by atoms with Crippen molar-refractivity contribution >= 4 is 39.0 Å². The van der Waals surface area contributed by atoms with Crippen molar-refractivity contribution in [3.63, 3.8) is 0 Å². The van der Waals surface area contributed by atoms with Gasteiger partial charge in [-0.1, -0.05) is 36.4 Å². The van der Waals surface area contributed by atoms with Gasteiger partial charge in [-0.05, 0) is 24.4 Å².